The molecule has 0 radical (unpaired) electrons. The summed E-state index contributed by atoms with van der Waals surface area (Å²) < 4.78 is 40.6. The van der Waals surface area contributed by atoms with Gasteiger partial charge in [0.25, 0.3) is 15.9 Å². The largest absolute Gasteiger partial charge is 0.320 e. The number of hydrogen-bond donors (Lipinski definition) is 2. The van der Waals surface area contributed by atoms with E-state index in [1.165, 1.54) is 18.2 Å². The van der Waals surface area contributed by atoms with E-state index in [1.54, 1.807) is 30.3 Å². The summed E-state index contributed by atoms with van der Waals surface area (Å²) in [5.74, 6) is -0.878. The first-order chi connectivity index (χ1) is 13.4. The van der Waals surface area contributed by atoms with Gasteiger partial charge in [0.2, 0.25) is 0 Å². The molecule has 0 unspecified atom stereocenters. The van der Waals surface area contributed by atoms with E-state index in [0.717, 1.165) is 24.1 Å². The molecule has 28 heavy (non-hydrogen) atoms. The van der Waals surface area contributed by atoms with Crippen molar-refractivity contribution in [2.24, 2.45) is 0 Å². The van der Waals surface area contributed by atoms with Crippen LogP contribution in [0.2, 0.25) is 0 Å². The summed E-state index contributed by atoms with van der Waals surface area (Å²) in [4.78, 5) is 12.4. The molecule has 3 rings (SSSR count). The number of halogens is 1. The molecule has 0 spiro atoms. The molecule has 0 aliphatic heterocycles. The van der Waals surface area contributed by atoms with Gasteiger partial charge in [0.15, 0.2) is 0 Å². The van der Waals surface area contributed by atoms with Crippen molar-refractivity contribution in [1.29, 1.82) is 0 Å². The van der Waals surface area contributed by atoms with Gasteiger partial charge < -0.3 is 5.32 Å². The van der Waals surface area contributed by atoms with Crippen LogP contribution in [0.3, 0.4) is 0 Å². The summed E-state index contributed by atoms with van der Waals surface area (Å²) in [6.07, 6.45) is 0.871. The van der Waals surface area contributed by atoms with Crippen molar-refractivity contribution in [3.05, 3.63) is 89.7 Å². The second-order valence-corrected chi connectivity index (χ2v) is 7.79. The fraction of sp³-hybridized carbons (Fsp3) is 0.0952. The third-order valence-electron chi connectivity index (χ3n) is 4.17. The van der Waals surface area contributed by atoms with Crippen LogP contribution in [-0.4, -0.2) is 14.3 Å². The van der Waals surface area contributed by atoms with Crippen LogP contribution in [0.25, 0.3) is 0 Å². The lowest BCUT2D eigenvalue weighted by molar-refractivity contribution is 0.102. The highest BCUT2D eigenvalue weighted by Gasteiger charge is 2.17. The van der Waals surface area contributed by atoms with Crippen molar-refractivity contribution in [3.8, 4) is 0 Å². The minimum Gasteiger partial charge on any atom is -0.320 e. The van der Waals surface area contributed by atoms with Crippen molar-refractivity contribution >= 4 is 27.3 Å². The lowest BCUT2D eigenvalue weighted by atomic mass is 10.1. The van der Waals surface area contributed by atoms with Crippen molar-refractivity contribution in [2.45, 2.75) is 18.2 Å². The van der Waals surface area contributed by atoms with Crippen LogP contribution in [0.5, 0.6) is 0 Å². The summed E-state index contributed by atoms with van der Waals surface area (Å²) in [5.41, 5.74) is 2.11. The van der Waals surface area contributed by atoms with Crippen LogP contribution in [0.15, 0.2) is 77.7 Å². The predicted molar refractivity (Wildman–Crippen MR) is 107 cm³/mol. The SMILES string of the molecule is CCc1ccc(C(=O)Nc2ccccc2NS(=O)(=O)c2ccc(F)cc2)cc1. The Bertz CT molecular complexity index is 1080. The lowest BCUT2D eigenvalue weighted by Gasteiger charge is -2.14. The van der Waals surface area contributed by atoms with Crippen molar-refractivity contribution in [3.63, 3.8) is 0 Å². The quantitative estimate of drug-likeness (QED) is 0.645. The average Bonchev–Trinajstić information content (AvgIpc) is 2.69. The molecule has 0 fully saturated rings. The number of aryl methyl sites for hydroxylation is 1. The average molecular weight is 398 g/mol. The summed E-state index contributed by atoms with van der Waals surface area (Å²) in [5, 5.41) is 2.72. The van der Waals surface area contributed by atoms with Gasteiger partial charge in [-0.2, -0.15) is 0 Å². The number of rotatable bonds is 6. The van der Waals surface area contributed by atoms with Gasteiger partial charge in [-0.3, -0.25) is 9.52 Å². The van der Waals surface area contributed by atoms with Crippen molar-refractivity contribution in [1.82, 2.24) is 0 Å². The van der Waals surface area contributed by atoms with Gasteiger partial charge in [-0.15, -0.1) is 0 Å². The van der Waals surface area contributed by atoms with Crippen LogP contribution in [-0.2, 0) is 16.4 Å². The van der Waals surface area contributed by atoms with Crippen LogP contribution in [0, 0.1) is 5.82 Å². The number of para-hydroxylation sites is 2. The molecule has 2 N–H and O–H groups in total. The fourth-order valence-electron chi connectivity index (χ4n) is 2.58. The van der Waals surface area contributed by atoms with E-state index in [0.29, 0.717) is 11.3 Å². The van der Waals surface area contributed by atoms with Crippen molar-refractivity contribution < 1.29 is 17.6 Å². The highest BCUT2D eigenvalue weighted by Crippen LogP contribution is 2.25. The normalized spacial score (nSPS) is 11.1. The molecule has 0 saturated carbocycles. The zero-order valence-corrected chi connectivity index (χ0v) is 16.0. The molecule has 0 heterocycles. The van der Waals surface area contributed by atoms with E-state index < -0.39 is 15.8 Å². The number of carbonyl (C=O) groups is 1. The third kappa shape index (κ3) is 4.55. The fourth-order valence-corrected chi connectivity index (χ4v) is 3.66. The van der Waals surface area contributed by atoms with Crippen LogP contribution in [0.4, 0.5) is 15.8 Å². The lowest BCUT2D eigenvalue weighted by Crippen LogP contribution is -2.17. The molecular formula is C21H19FN2O3S. The summed E-state index contributed by atoms with van der Waals surface area (Å²) in [6, 6.07) is 18.2. The molecule has 0 atom stereocenters. The van der Waals surface area contributed by atoms with Gasteiger partial charge in [-0.05, 0) is 60.5 Å². The molecule has 3 aromatic carbocycles. The van der Waals surface area contributed by atoms with E-state index in [2.05, 4.69) is 10.0 Å². The van der Waals surface area contributed by atoms with Crippen molar-refractivity contribution in [2.75, 3.05) is 10.0 Å². The second kappa shape index (κ2) is 8.22. The van der Waals surface area contributed by atoms with E-state index >= 15 is 0 Å². The van der Waals surface area contributed by atoms with Crippen LogP contribution < -0.4 is 10.0 Å². The first kappa shape index (κ1) is 19.6. The Labute approximate surface area is 163 Å². The smallest absolute Gasteiger partial charge is 0.261 e. The number of carbonyl (C=O) groups excluding carboxylic acids is 1. The molecule has 144 valence electrons. The predicted octanol–water partition coefficient (Wildman–Crippen LogP) is 4.44. The first-order valence-electron chi connectivity index (χ1n) is 8.67. The monoisotopic (exact) mass is 398 g/mol. The minimum absolute atomic E-state index is 0.0785. The van der Waals surface area contributed by atoms with E-state index in [4.69, 9.17) is 0 Å². The van der Waals surface area contributed by atoms with Gasteiger partial charge in [-0.25, -0.2) is 12.8 Å². The molecule has 1 amide bonds. The maximum Gasteiger partial charge on any atom is 0.261 e. The zero-order valence-electron chi connectivity index (χ0n) is 15.1. The molecule has 0 bridgehead atoms. The number of benzene rings is 3. The Morgan fingerprint density at radius 2 is 1.50 bits per heavy atom. The highest BCUT2D eigenvalue weighted by atomic mass is 32.2. The molecule has 0 aliphatic carbocycles. The van der Waals surface area contributed by atoms with E-state index in [9.17, 15) is 17.6 Å². The maximum atomic E-state index is 13.1. The number of nitrogens with one attached hydrogen (secondary N) is 2. The van der Waals surface area contributed by atoms with Gasteiger partial charge in [0.05, 0.1) is 16.3 Å². The number of amides is 1. The summed E-state index contributed by atoms with van der Waals surface area (Å²) in [7, 11) is -3.93. The number of hydrogen-bond acceptors (Lipinski definition) is 3. The van der Waals surface area contributed by atoms with Crippen LogP contribution >= 0.6 is 0 Å². The molecule has 0 aliphatic rings. The second-order valence-electron chi connectivity index (χ2n) is 6.11. The number of sulfonamides is 1. The Balaban J connectivity index is 1.82. The van der Waals surface area contributed by atoms with E-state index in [-0.39, 0.29) is 16.5 Å². The Kier molecular flexibility index (Phi) is 5.75. The van der Waals surface area contributed by atoms with Gasteiger partial charge in [0, 0.05) is 5.56 Å². The van der Waals surface area contributed by atoms with Gasteiger partial charge >= 0.3 is 0 Å². The molecular weight excluding hydrogens is 379 g/mol. The minimum atomic E-state index is -3.93. The molecule has 3 aromatic rings. The first-order valence-corrected chi connectivity index (χ1v) is 10.1. The third-order valence-corrected chi connectivity index (χ3v) is 5.55. The standard InChI is InChI=1S/C21H19FN2O3S/c1-2-15-7-9-16(10-8-15)21(25)23-19-5-3-4-6-20(19)24-28(26,27)18-13-11-17(22)12-14-18/h3-14,24H,2H2,1H3,(H,23,25). The Morgan fingerprint density at radius 3 is 2.11 bits per heavy atom. The summed E-state index contributed by atoms with van der Waals surface area (Å²) >= 11 is 0. The zero-order chi connectivity index (χ0) is 20.1. The van der Waals surface area contributed by atoms with Crippen LogP contribution in [0.1, 0.15) is 22.8 Å². The number of anilines is 2. The van der Waals surface area contributed by atoms with E-state index in [1.807, 2.05) is 19.1 Å². The molecule has 5 nitrogen and oxygen atoms in total. The molecule has 0 saturated heterocycles. The summed E-state index contributed by atoms with van der Waals surface area (Å²) in [6.45, 7) is 2.03. The molecule has 7 heteroatoms. The molecule has 0 aromatic heterocycles. The highest BCUT2D eigenvalue weighted by molar-refractivity contribution is 7.92. The Hall–Kier alpha value is -3.19. The van der Waals surface area contributed by atoms with Gasteiger partial charge in [-0.1, -0.05) is 31.2 Å². The van der Waals surface area contributed by atoms with Gasteiger partial charge in [0.1, 0.15) is 5.82 Å². The Morgan fingerprint density at radius 1 is 0.893 bits per heavy atom. The topological polar surface area (TPSA) is 75.3 Å². The maximum absolute atomic E-state index is 13.1.